The highest BCUT2D eigenvalue weighted by atomic mass is 32.2. The molecule has 62 valence electrons. The van der Waals surface area contributed by atoms with Crippen molar-refractivity contribution in [3.05, 3.63) is 0 Å². The Morgan fingerprint density at radius 3 is 2.45 bits per heavy atom. The number of nitrogens with zero attached hydrogens (tertiary/aromatic N) is 1. The SMILES string of the molecule is O=C(O)C1CN(C2CSC2)C1. The van der Waals surface area contributed by atoms with Gasteiger partial charge >= 0.3 is 5.97 Å². The van der Waals surface area contributed by atoms with Crippen LogP contribution in [-0.4, -0.2) is 46.6 Å². The first-order valence-electron chi connectivity index (χ1n) is 3.82. The fourth-order valence-electron chi connectivity index (χ4n) is 1.40. The molecule has 0 atom stereocenters. The normalized spacial score (nSPS) is 27.6. The maximum atomic E-state index is 10.4. The Morgan fingerprint density at radius 1 is 1.45 bits per heavy atom. The van der Waals surface area contributed by atoms with E-state index in [0.29, 0.717) is 6.04 Å². The van der Waals surface area contributed by atoms with Crippen molar-refractivity contribution in [3.8, 4) is 0 Å². The molecule has 0 saturated carbocycles. The molecular weight excluding hydrogens is 162 g/mol. The molecule has 2 fully saturated rings. The quantitative estimate of drug-likeness (QED) is 0.644. The van der Waals surface area contributed by atoms with E-state index in [4.69, 9.17) is 5.11 Å². The Labute approximate surface area is 69.8 Å². The molecule has 0 unspecified atom stereocenters. The minimum Gasteiger partial charge on any atom is -0.481 e. The molecule has 1 N–H and O–H groups in total. The smallest absolute Gasteiger partial charge is 0.309 e. The van der Waals surface area contributed by atoms with Crippen molar-refractivity contribution < 1.29 is 9.90 Å². The molecule has 0 aliphatic carbocycles. The van der Waals surface area contributed by atoms with E-state index >= 15 is 0 Å². The summed E-state index contributed by atoms with van der Waals surface area (Å²) in [5, 5.41) is 8.59. The first-order chi connectivity index (χ1) is 5.27. The summed E-state index contributed by atoms with van der Waals surface area (Å²) in [7, 11) is 0. The Hall–Kier alpha value is -0.220. The standard InChI is InChI=1S/C7H11NO2S/c9-7(10)5-1-8(2-5)6-3-11-4-6/h5-6H,1-4H2,(H,9,10). The second-order valence-electron chi connectivity index (χ2n) is 3.18. The molecule has 0 spiro atoms. The van der Waals surface area contributed by atoms with E-state index in [0.717, 1.165) is 13.1 Å². The number of likely N-dealkylation sites (tertiary alicyclic amines) is 1. The number of carboxylic acid groups (broad SMARTS) is 1. The van der Waals surface area contributed by atoms with Gasteiger partial charge in [-0.3, -0.25) is 9.69 Å². The molecule has 11 heavy (non-hydrogen) atoms. The molecule has 2 rings (SSSR count). The van der Waals surface area contributed by atoms with E-state index in [2.05, 4.69) is 4.90 Å². The molecule has 0 radical (unpaired) electrons. The summed E-state index contributed by atoms with van der Waals surface area (Å²) in [6.07, 6.45) is 0. The van der Waals surface area contributed by atoms with Crippen LogP contribution < -0.4 is 0 Å². The van der Waals surface area contributed by atoms with E-state index in [1.807, 2.05) is 11.8 Å². The summed E-state index contributed by atoms with van der Waals surface area (Å²) in [5.74, 6) is 1.69. The first-order valence-corrected chi connectivity index (χ1v) is 4.97. The van der Waals surface area contributed by atoms with Gasteiger partial charge in [-0.25, -0.2) is 0 Å². The summed E-state index contributed by atoms with van der Waals surface area (Å²) < 4.78 is 0. The van der Waals surface area contributed by atoms with Gasteiger partial charge in [0, 0.05) is 30.6 Å². The Morgan fingerprint density at radius 2 is 2.09 bits per heavy atom. The highest BCUT2D eigenvalue weighted by molar-refractivity contribution is 8.00. The Kier molecular flexibility index (Phi) is 1.81. The lowest BCUT2D eigenvalue weighted by atomic mass is 9.98. The predicted molar refractivity (Wildman–Crippen MR) is 43.8 cm³/mol. The van der Waals surface area contributed by atoms with Crippen LogP contribution in [0.1, 0.15) is 0 Å². The number of carbonyl (C=O) groups is 1. The summed E-state index contributed by atoms with van der Waals surface area (Å²) >= 11 is 1.94. The zero-order valence-electron chi connectivity index (χ0n) is 6.19. The van der Waals surface area contributed by atoms with Gasteiger partial charge < -0.3 is 5.11 Å². The Balaban J connectivity index is 1.74. The van der Waals surface area contributed by atoms with E-state index in [1.165, 1.54) is 11.5 Å². The van der Waals surface area contributed by atoms with Crippen molar-refractivity contribution in [1.82, 2.24) is 4.90 Å². The average molecular weight is 173 g/mol. The van der Waals surface area contributed by atoms with Crippen molar-refractivity contribution in [2.45, 2.75) is 6.04 Å². The number of hydrogen-bond donors (Lipinski definition) is 1. The molecule has 2 aliphatic heterocycles. The van der Waals surface area contributed by atoms with E-state index in [9.17, 15) is 4.79 Å². The number of carboxylic acids is 1. The lowest BCUT2D eigenvalue weighted by Crippen LogP contribution is -2.58. The second-order valence-corrected chi connectivity index (χ2v) is 4.26. The molecule has 0 aromatic heterocycles. The molecule has 0 aromatic carbocycles. The molecule has 0 bridgehead atoms. The third kappa shape index (κ3) is 1.25. The summed E-state index contributed by atoms with van der Waals surface area (Å²) in [6, 6.07) is 0.690. The second kappa shape index (κ2) is 2.68. The summed E-state index contributed by atoms with van der Waals surface area (Å²) in [6.45, 7) is 1.56. The predicted octanol–water partition coefficient (Wildman–Crippen LogP) is 0.118. The van der Waals surface area contributed by atoms with Gasteiger partial charge in [0.15, 0.2) is 0 Å². The fraction of sp³-hybridized carbons (Fsp3) is 0.857. The molecule has 0 aromatic rings. The number of thioether (sulfide) groups is 1. The fourth-order valence-corrected chi connectivity index (χ4v) is 2.27. The van der Waals surface area contributed by atoms with Gasteiger partial charge in [0.1, 0.15) is 0 Å². The average Bonchev–Trinajstić information content (AvgIpc) is 1.70. The zero-order chi connectivity index (χ0) is 7.84. The summed E-state index contributed by atoms with van der Waals surface area (Å²) in [4.78, 5) is 12.7. The largest absolute Gasteiger partial charge is 0.481 e. The van der Waals surface area contributed by atoms with E-state index in [1.54, 1.807) is 0 Å². The minimum atomic E-state index is -0.631. The monoisotopic (exact) mass is 173 g/mol. The van der Waals surface area contributed by atoms with E-state index < -0.39 is 5.97 Å². The van der Waals surface area contributed by atoms with Gasteiger partial charge in [-0.05, 0) is 0 Å². The molecule has 2 heterocycles. The Bertz CT molecular complexity index is 175. The van der Waals surface area contributed by atoms with E-state index in [-0.39, 0.29) is 5.92 Å². The van der Waals surface area contributed by atoms with Crippen LogP contribution in [0.4, 0.5) is 0 Å². The molecule has 4 heteroatoms. The van der Waals surface area contributed by atoms with Crippen molar-refractivity contribution in [3.63, 3.8) is 0 Å². The third-order valence-corrected chi connectivity index (χ3v) is 3.64. The lowest BCUT2D eigenvalue weighted by Gasteiger charge is -2.45. The third-order valence-electron chi connectivity index (χ3n) is 2.40. The van der Waals surface area contributed by atoms with Crippen LogP contribution in [0.3, 0.4) is 0 Å². The zero-order valence-corrected chi connectivity index (χ0v) is 7.01. The van der Waals surface area contributed by atoms with Gasteiger partial charge in [0.2, 0.25) is 0 Å². The maximum absolute atomic E-state index is 10.4. The maximum Gasteiger partial charge on any atom is 0.309 e. The molecule has 0 amide bonds. The molecule has 2 aliphatic rings. The topological polar surface area (TPSA) is 40.5 Å². The van der Waals surface area contributed by atoms with Gasteiger partial charge in [-0.15, -0.1) is 0 Å². The van der Waals surface area contributed by atoms with Crippen LogP contribution in [0.15, 0.2) is 0 Å². The van der Waals surface area contributed by atoms with Gasteiger partial charge in [0.25, 0.3) is 0 Å². The van der Waals surface area contributed by atoms with Crippen LogP contribution in [0.2, 0.25) is 0 Å². The van der Waals surface area contributed by atoms with Crippen LogP contribution in [-0.2, 0) is 4.79 Å². The van der Waals surface area contributed by atoms with Gasteiger partial charge in [0.05, 0.1) is 5.92 Å². The number of hydrogen-bond acceptors (Lipinski definition) is 3. The van der Waals surface area contributed by atoms with Gasteiger partial charge in [-0.1, -0.05) is 0 Å². The van der Waals surface area contributed by atoms with Crippen LogP contribution in [0.5, 0.6) is 0 Å². The first kappa shape index (κ1) is 7.43. The van der Waals surface area contributed by atoms with Crippen LogP contribution in [0, 0.1) is 5.92 Å². The lowest BCUT2D eigenvalue weighted by molar-refractivity contribution is -0.148. The number of aliphatic carboxylic acids is 1. The molecule has 2 saturated heterocycles. The van der Waals surface area contributed by atoms with Crippen molar-refractivity contribution in [2.24, 2.45) is 5.92 Å². The summed E-state index contributed by atoms with van der Waals surface area (Å²) in [5.41, 5.74) is 0. The van der Waals surface area contributed by atoms with Crippen LogP contribution >= 0.6 is 11.8 Å². The van der Waals surface area contributed by atoms with Crippen molar-refractivity contribution in [2.75, 3.05) is 24.6 Å². The van der Waals surface area contributed by atoms with Crippen molar-refractivity contribution in [1.29, 1.82) is 0 Å². The van der Waals surface area contributed by atoms with Gasteiger partial charge in [-0.2, -0.15) is 11.8 Å². The molecule has 3 nitrogen and oxygen atoms in total. The van der Waals surface area contributed by atoms with Crippen molar-refractivity contribution >= 4 is 17.7 Å². The minimum absolute atomic E-state index is 0.0828. The molecular formula is C7H11NO2S. The highest BCUT2D eigenvalue weighted by Crippen LogP contribution is 2.29. The highest BCUT2D eigenvalue weighted by Gasteiger charge is 2.38. The number of rotatable bonds is 2. The van der Waals surface area contributed by atoms with Crippen LogP contribution in [0.25, 0.3) is 0 Å².